The van der Waals surface area contributed by atoms with Crippen LogP contribution in [0.5, 0.6) is 11.5 Å². The fraction of sp³-hybridized carbons (Fsp3) is 0.318. The maximum atomic E-state index is 13.0. The van der Waals surface area contributed by atoms with Crippen molar-refractivity contribution in [3.63, 3.8) is 0 Å². The molecule has 7 nitrogen and oxygen atoms in total. The lowest BCUT2D eigenvalue weighted by molar-refractivity contribution is -0.385. The second-order valence-corrected chi connectivity index (χ2v) is 7.24. The summed E-state index contributed by atoms with van der Waals surface area (Å²) in [4.78, 5) is 25.7. The summed E-state index contributed by atoms with van der Waals surface area (Å²) in [5.74, 6) is 1.26. The molecule has 0 bridgehead atoms. The first-order valence-electron chi connectivity index (χ1n) is 9.72. The molecule has 0 atom stereocenters. The smallest absolute Gasteiger partial charge is 0.276 e. The lowest BCUT2D eigenvalue weighted by Crippen LogP contribution is -2.37. The highest BCUT2D eigenvalue weighted by molar-refractivity contribution is 5.92. The quantitative estimate of drug-likeness (QED) is 0.414. The number of rotatable bonds is 6. The molecule has 29 heavy (non-hydrogen) atoms. The maximum absolute atomic E-state index is 13.0. The fourth-order valence-corrected chi connectivity index (χ4v) is 3.89. The molecule has 1 aliphatic heterocycles. The van der Waals surface area contributed by atoms with Crippen molar-refractivity contribution in [1.29, 1.82) is 0 Å². The van der Waals surface area contributed by atoms with E-state index in [4.69, 9.17) is 9.47 Å². The van der Waals surface area contributed by atoms with Crippen LogP contribution in [0.2, 0.25) is 0 Å². The highest BCUT2D eigenvalue weighted by Crippen LogP contribution is 2.34. The van der Waals surface area contributed by atoms with E-state index in [1.165, 1.54) is 18.2 Å². The Labute approximate surface area is 168 Å². The SMILES string of the molecule is O=C(/C=C/c1ccccc1[N+](=O)[O-])N(Cc1ccc2c(c1)OCO2)C1CCCC1. The van der Waals surface area contributed by atoms with Crippen LogP contribution in [0.3, 0.4) is 0 Å². The Morgan fingerprint density at radius 1 is 1.14 bits per heavy atom. The molecule has 1 fully saturated rings. The molecule has 0 unspecified atom stereocenters. The average Bonchev–Trinajstić information content (AvgIpc) is 3.41. The third-order valence-corrected chi connectivity index (χ3v) is 5.38. The molecule has 1 saturated carbocycles. The van der Waals surface area contributed by atoms with Crippen LogP contribution in [-0.2, 0) is 11.3 Å². The zero-order valence-corrected chi connectivity index (χ0v) is 16.0. The number of carbonyl (C=O) groups excluding carboxylic acids is 1. The van der Waals surface area contributed by atoms with Crippen LogP contribution in [0.1, 0.15) is 36.8 Å². The summed E-state index contributed by atoms with van der Waals surface area (Å²) in [5.41, 5.74) is 1.37. The number of para-hydroxylation sites is 1. The monoisotopic (exact) mass is 394 g/mol. The summed E-state index contributed by atoms with van der Waals surface area (Å²) in [5, 5.41) is 11.2. The maximum Gasteiger partial charge on any atom is 0.276 e. The summed E-state index contributed by atoms with van der Waals surface area (Å²) in [6.45, 7) is 0.671. The van der Waals surface area contributed by atoms with Gasteiger partial charge in [0.25, 0.3) is 5.69 Å². The first-order chi connectivity index (χ1) is 14.1. The van der Waals surface area contributed by atoms with Gasteiger partial charge in [-0.2, -0.15) is 0 Å². The van der Waals surface area contributed by atoms with E-state index >= 15 is 0 Å². The average molecular weight is 394 g/mol. The molecule has 150 valence electrons. The highest BCUT2D eigenvalue weighted by Gasteiger charge is 2.26. The number of nitrogens with zero attached hydrogens (tertiary/aromatic N) is 2. The predicted octanol–water partition coefficient (Wildman–Crippen LogP) is 4.31. The first kappa shape index (κ1) is 19.0. The molecular weight excluding hydrogens is 372 g/mol. The molecule has 0 N–H and O–H groups in total. The highest BCUT2D eigenvalue weighted by atomic mass is 16.7. The van der Waals surface area contributed by atoms with E-state index in [-0.39, 0.29) is 24.4 Å². The minimum Gasteiger partial charge on any atom is -0.454 e. The van der Waals surface area contributed by atoms with Gasteiger partial charge in [-0.15, -0.1) is 0 Å². The van der Waals surface area contributed by atoms with Crippen molar-refractivity contribution >= 4 is 17.7 Å². The second-order valence-electron chi connectivity index (χ2n) is 7.24. The van der Waals surface area contributed by atoms with Crippen molar-refractivity contribution in [3.8, 4) is 11.5 Å². The molecule has 0 radical (unpaired) electrons. The van der Waals surface area contributed by atoms with E-state index in [2.05, 4.69) is 0 Å². The third-order valence-electron chi connectivity index (χ3n) is 5.38. The van der Waals surface area contributed by atoms with Crippen LogP contribution in [0, 0.1) is 10.1 Å². The van der Waals surface area contributed by atoms with Gasteiger partial charge in [0.1, 0.15) is 0 Å². The molecule has 1 heterocycles. The number of hydrogen-bond acceptors (Lipinski definition) is 5. The van der Waals surface area contributed by atoms with Crippen LogP contribution in [-0.4, -0.2) is 28.6 Å². The number of benzene rings is 2. The van der Waals surface area contributed by atoms with E-state index in [0.29, 0.717) is 23.6 Å². The van der Waals surface area contributed by atoms with Crippen LogP contribution >= 0.6 is 0 Å². The zero-order valence-electron chi connectivity index (χ0n) is 16.0. The van der Waals surface area contributed by atoms with Crippen molar-refractivity contribution in [2.75, 3.05) is 6.79 Å². The van der Waals surface area contributed by atoms with Crippen molar-refractivity contribution in [2.45, 2.75) is 38.3 Å². The fourth-order valence-electron chi connectivity index (χ4n) is 3.89. The van der Waals surface area contributed by atoms with Gasteiger partial charge in [-0.25, -0.2) is 0 Å². The lowest BCUT2D eigenvalue weighted by Gasteiger charge is -2.28. The number of hydrogen-bond donors (Lipinski definition) is 0. The van der Waals surface area contributed by atoms with Gasteiger partial charge in [0.15, 0.2) is 11.5 Å². The Morgan fingerprint density at radius 3 is 2.69 bits per heavy atom. The zero-order chi connectivity index (χ0) is 20.2. The predicted molar refractivity (Wildman–Crippen MR) is 108 cm³/mol. The van der Waals surface area contributed by atoms with E-state index in [1.807, 2.05) is 23.1 Å². The molecule has 1 amide bonds. The summed E-state index contributed by atoms with van der Waals surface area (Å²) in [7, 11) is 0. The van der Waals surface area contributed by atoms with Gasteiger partial charge in [0.2, 0.25) is 12.7 Å². The Morgan fingerprint density at radius 2 is 1.90 bits per heavy atom. The number of amides is 1. The molecule has 1 aliphatic carbocycles. The largest absolute Gasteiger partial charge is 0.454 e. The molecule has 7 heteroatoms. The molecule has 0 spiro atoms. The Bertz CT molecular complexity index is 950. The lowest BCUT2D eigenvalue weighted by atomic mass is 10.1. The number of nitro groups is 1. The molecule has 4 rings (SSSR count). The Balaban J connectivity index is 1.55. The van der Waals surface area contributed by atoms with Crippen molar-refractivity contribution < 1.29 is 19.2 Å². The van der Waals surface area contributed by atoms with E-state index in [1.54, 1.807) is 18.2 Å². The minimum absolute atomic E-state index is 0.0141. The van der Waals surface area contributed by atoms with E-state index < -0.39 is 4.92 Å². The van der Waals surface area contributed by atoms with Crippen molar-refractivity contribution in [2.24, 2.45) is 0 Å². The number of nitro benzene ring substituents is 1. The topological polar surface area (TPSA) is 81.9 Å². The van der Waals surface area contributed by atoms with Gasteiger partial charge in [-0.05, 0) is 42.7 Å². The standard InChI is InChI=1S/C22H22N2O5/c25-22(12-10-17-5-1-4-8-19(17)24(26)27)23(18-6-2-3-7-18)14-16-9-11-20-21(13-16)29-15-28-20/h1,4-5,8-13,18H,2-3,6-7,14-15H2/b12-10+. The van der Waals surface area contributed by atoms with Gasteiger partial charge < -0.3 is 14.4 Å². The van der Waals surface area contributed by atoms with Crippen LogP contribution in [0.25, 0.3) is 6.08 Å². The van der Waals surface area contributed by atoms with Gasteiger partial charge in [0, 0.05) is 24.7 Å². The summed E-state index contributed by atoms with van der Waals surface area (Å²) in [6.07, 6.45) is 7.11. The summed E-state index contributed by atoms with van der Waals surface area (Å²) in [6, 6.07) is 12.3. The van der Waals surface area contributed by atoms with Gasteiger partial charge in [0.05, 0.1) is 10.5 Å². The van der Waals surface area contributed by atoms with Crippen LogP contribution < -0.4 is 9.47 Å². The molecule has 2 aromatic rings. The molecular formula is C22H22N2O5. The second kappa shape index (κ2) is 8.34. The molecule has 2 aromatic carbocycles. The van der Waals surface area contributed by atoms with Crippen LogP contribution in [0.15, 0.2) is 48.5 Å². The first-order valence-corrected chi connectivity index (χ1v) is 9.72. The van der Waals surface area contributed by atoms with E-state index in [9.17, 15) is 14.9 Å². The third kappa shape index (κ3) is 4.23. The molecule has 2 aliphatic rings. The Hall–Kier alpha value is -3.35. The van der Waals surface area contributed by atoms with Crippen LogP contribution in [0.4, 0.5) is 5.69 Å². The summed E-state index contributed by atoms with van der Waals surface area (Å²) >= 11 is 0. The van der Waals surface area contributed by atoms with Crippen molar-refractivity contribution in [3.05, 3.63) is 69.8 Å². The van der Waals surface area contributed by atoms with Gasteiger partial charge >= 0.3 is 0 Å². The number of ether oxygens (including phenoxy) is 2. The Kier molecular flexibility index (Phi) is 5.46. The molecule has 0 saturated heterocycles. The number of carbonyl (C=O) groups is 1. The van der Waals surface area contributed by atoms with Gasteiger partial charge in [-0.3, -0.25) is 14.9 Å². The summed E-state index contributed by atoms with van der Waals surface area (Å²) < 4.78 is 10.8. The number of fused-ring (bicyclic) bond motifs is 1. The van der Waals surface area contributed by atoms with Crippen molar-refractivity contribution in [1.82, 2.24) is 4.90 Å². The minimum atomic E-state index is -0.439. The normalized spacial score (nSPS) is 15.7. The van der Waals surface area contributed by atoms with E-state index in [0.717, 1.165) is 31.2 Å². The molecule has 0 aromatic heterocycles. The van der Waals surface area contributed by atoms with Gasteiger partial charge in [-0.1, -0.05) is 31.0 Å².